The number of allylic oxidation sites excluding steroid dienone is 1. The van der Waals surface area contributed by atoms with E-state index >= 15 is 0 Å². The lowest BCUT2D eigenvalue weighted by atomic mass is 9.91. The van der Waals surface area contributed by atoms with E-state index in [1.165, 1.54) is 0 Å². The van der Waals surface area contributed by atoms with Gasteiger partial charge in [0.1, 0.15) is 6.17 Å². The van der Waals surface area contributed by atoms with Crippen LogP contribution in [0.15, 0.2) is 12.2 Å². The zero-order valence-electron chi connectivity index (χ0n) is 5.49. The van der Waals surface area contributed by atoms with Crippen LogP contribution in [0.4, 0.5) is 13.2 Å². The largest absolute Gasteiger partial charge is 0.244 e. The summed E-state index contributed by atoms with van der Waals surface area (Å²) in [4.78, 5) is 0. The fraction of sp³-hybridized carbons (Fsp3) is 0.714. The summed E-state index contributed by atoms with van der Waals surface area (Å²) < 4.78 is 37.3. The van der Waals surface area contributed by atoms with Crippen LogP contribution >= 0.6 is 0 Å². The van der Waals surface area contributed by atoms with Crippen molar-refractivity contribution >= 4 is 0 Å². The molecule has 1 rings (SSSR count). The lowest BCUT2D eigenvalue weighted by Crippen LogP contribution is -2.33. The Morgan fingerprint density at radius 3 is 2.40 bits per heavy atom. The number of hydrogen-bond acceptors (Lipinski definition) is 0. The molecule has 1 aliphatic carbocycles. The molecule has 0 aromatic carbocycles. The molecule has 3 unspecified atom stereocenters. The van der Waals surface area contributed by atoms with Gasteiger partial charge in [0.25, 0.3) is 0 Å². The molecule has 0 N–H and O–H groups in total. The Bertz CT molecular complexity index is 144. The summed E-state index contributed by atoms with van der Waals surface area (Å²) in [5, 5.41) is 0. The molecule has 0 amide bonds. The van der Waals surface area contributed by atoms with E-state index in [-0.39, 0.29) is 18.4 Å². The maximum absolute atomic E-state index is 12.5. The van der Waals surface area contributed by atoms with Crippen LogP contribution in [0.5, 0.6) is 0 Å². The van der Waals surface area contributed by atoms with Gasteiger partial charge in [-0.3, -0.25) is 0 Å². The summed E-state index contributed by atoms with van der Waals surface area (Å²) in [6.45, 7) is 3.30. The van der Waals surface area contributed by atoms with E-state index in [9.17, 15) is 13.2 Å². The number of alkyl halides is 3. The van der Waals surface area contributed by atoms with E-state index in [1.54, 1.807) is 0 Å². The third-order valence-electron chi connectivity index (χ3n) is 1.76. The average molecular weight is 150 g/mol. The third kappa shape index (κ3) is 1.18. The van der Waals surface area contributed by atoms with Crippen molar-refractivity contribution in [1.82, 2.24) is 0 Å². The van der Waals surface area contributed by atoms with Crippen molar-refractivity contribution in [2.24, 2.45) is 0 Å². The van der Waals surface area contributed by atoms with Gasteiger partial charge in [0, 0.05) is 0 Å². The smallest absolute Gasteiger partial charge is 0.166 e. The normalized spacial score (nSPS) is 41.9. The molecule has 3 atom stereocenters. The molecule has 0 aromatic heterocycles. The van der Waals surface area contributed by atoms with Gasteiger partial charge in [-0.05, 0) is 18.4 Å². The Morgan fingerprint density at radius 1 is 1.30 bits per heavy atom. The first kappa shape index (κ1) is 7.63. The predicted molar refractivity (Wildman–Crippen MR) is 33.1 cm³/mol. The molecule has 0 nitrogen and oxygen atoms in total. The van der Waals surface area contributed by atoms with Gasteiger partial charge in [0.05, 0.1) is 0 Å². The van der Waals surface area contributed by atoms with Crippen molar-refractivity contribution in [2.45, 2.75) is 31.4 Å². The van der Waals surface area contributed by atoms with Crippen LogP contribution in [0.2, 0.25) is 0 Å². The highest BCUT2D eigenvalue weighted by Crippen LogP contribution is 2.29. The summed E-state index contributed by atoms with van der Waals surface area (Å²) in [6.07, 6.45) is -5.08. The second kappa shape index (κ2) is 2.64. The number of rotatable bonds is 0. The summed E-state index contributed by atoms with van der Waals surface area (Å²) in [6, 6.07) is 0. The zero-order valence-corrected chi connectivity index (χ0v) is 5.49. The molecular weight excluding hydrogens is 141 g/mol. The number of halogens is 3. The lowest BCUT2D eigenvalue weighted by molar-refractivity contribution is 0.0736. The molecule has 0 radical (unpaired) electrons. The van der Waals surface area contributed by atoms with Crippen LogP contribution in [0, 0.1) is 0 Å². The molecule has 0 heterocycles. The van der Waals surface area contributed by atoms with Crippen molar-refractivity contribution < 1.29 is 13.2 Å². The SMILES string of the molecule is C=C1CCC(F)C(F)C1F. The van der Waals surface area contributed by atoms with E-state index in [4.69, 9.17) is 0 Å². The quantitative estimate of drug-likeness (QED) is 0.465. The molecule has 1 aliphatic rings. The first-order valence-electron chi connectivity index (χ1n) is 3.23. The van der Waals surface area contributed by atoms with E-state index in [0.29, 0.717) is 0 Å². The molecule has 58 valence electrons. The van der Waals surface area contributed by atoms with E-state index in [2.05, 4.69) is 6.58 Å². The van der Waals surface area contributed by atoms with E-state index < -0.39 is 18.5 Å². The highest BCUT2D eigenvalue weighted by atomic mass is 19.2. The summed E-state index contributed by atoms with van der Waals surface area (Å²) in [5.74, 6) is 0. The van der Waals surface area contributed by atoms with Crippen molar-refractivity contribution in [3.8, 4) is 0 Å². The maximum Gasteiger partial charge on any atom is 0.166 e. The van der Waals surface area contributed by atoms with Gasteiger partial charge >= 0.3 is 0 Å². The topological polar surface area (TPSA) is 0 Å². The van der Waals surface area contributed by atoms with E-state index in [0.717, 1.165) is 0 Å². The summed E-state index contributed by atoms with van der Waals surface area (Å²) in [5.41, 5.74) is 0.182. The lowest BCUT2D eigenvalue weighted by Gasteiger charge is -2.24. The van der Waals surface area contributed by atoms with Crippen molar-refractivity contribution in [2.75, 3.05) is 0 Å². The van der Waals surface area contributed by atoms with Crippen molar-refractivity contribution in [1.29, 1.82) is 0 Å². The van der Waals surface area contributed by atoms with Crippen LogP contribution in [0.25, 0.3) is 0 Å². The molecule has 10 heavy (non-hydrogen) atoms. The molecule has 0 bridgehead atoms. The highest BCUT2D eigenvalue weighted by molar-refractivity contribution is 5.10. The molecule has 0 spiro atoms. The first-order valence-corrected chi connectivity index (χ1v) is 3.23. The van der Waals surface area contributed by atoms with Gasteiger partial charge in [-0.15, -0.1) is 0 Å². The van der Waals surface area contributed by atoms with Crippen LogP contribution in [0.3, 0.4) is 0 Å². The Labute approximate surface area is 57.7 Å². The third-order valence-corrected chi connectivity index (χ3v) is 1.76. The average Bonchev–Trinajstić information content (AvgIpc) is 1.93. The second-order valence-electron chi connectivity index (χ2n) is 2.56. The van der Waals surface area contributed by atoms with E-state index in [1.807, 2.05) is 0 Å². The summed E-state index contributed by atoms with van der Waals surface area (Å²) in [7, 11) is 0. The van der Waals surface area contributed by atoms with Gasteiger partial charge in [0.15, 0.2) is 12.3 Å². The fourth-order valence-corrected chi connectivity index (χ4v) is 1.03. The minimum absolute atomic E-state index is 0.0699. The van der Waals surface area contributed by atoms with Crippen molar-refractivity contribution in [3.05, 3.63) is 12.2 Å². The molecular formula is C7H9F3. The highest BCUT2D eigenvalue weighted by Gasteiger charge is 2.35. The minimum Gasteiger partial charge on any atom is -0.244 e. The van der Waals surface area contributed by atoms with Gasteiger partial charge in [0.2, 0.25) is 0 Å². The Hall–Kier alpha value is -0.470. The van der Waals surface area contributed by atoms with Gasteiger partial charge in [-0.25, -0.2) is 13.2 Å². The Balaban J connectivity index is 2.60. The first-order chi connectivity index (χ1) is 4.63. The Kier molecular flexibility index (Phi) is 2.02. The predicted octanol–water partition coefficient (Wildman–Crippen LogP) is 2.35. The molecule has 3 heteroatoms. The maximum atomic E-state index is 12.5. The number of hydrogen-bond donors (Lipinski definition) is 0. The van der Waals surface area contributed by atoms with Gasteiger partial charge < -0.3 is 0 Å². The van der Waals surface area contributed by atoms with Crippen LogP contribution in [0.1, 0.15) is 12.8 Å². The van der Waals surface area contributed by atoms with Crippen molar-refractivity contribution in [3.63, 3.8) is 0 Å². The van der Waals surface area contributed by atoms with Crippen LogP contribution in [-0.2, 0) is 0 Å². The minimum atomic E-state index is -1.98. The molecule has 1 saturated carbocycles. The zero-order chi connectivity index (χ0) is 7.72. The van der Waals surface area contributed by atoms with Crippen LogP contribution in [-0.4, -0.2) is 18.5 Å². The molecule has 1 fully saturated rings. The Morgan fingerprint density at radius 2 is 1.90 bits per heavy atom. The van der Waals surface area contributed by atoms with Crippen LogP contribution < -0.4 is 0 Å². The molecule has 0 saturated heterocycles. The van der Waals surface area contributed by atoms with Gasteiger partial charge in [-0.1, -0.05) is 6.58 Å². The second-order valence-corrected chi connectivity index (χ2v) is 2.56. The molecule has 0 aromatic rings. The standard InChI is InChI=1S/C7H9F3/c1-4-2-3-5(8)7(10)6(4)9/h5-7H,1-3H2. The fourth-order valence-electron chi connectivity index (χ4n) is 1.03. The monoisotopic (exact) mass is 150 g/mol. The molecule has 0 aliphatic heterocycles. The van der Waals surface area contributed by atoms with Gasteiger partial charge in [-0.2, -0.15) is 0 Å². The summed E-state index contributed by atoms with van der Waals surface area (Å²) >= 11 is 0.